The molecule has 0 aromatic carbocycles. The van der Waals surface area contributed by atoms with Gasteiger partial charge in [0.2, 0.25) is 0 Å². The number of nitrogens with one attached hydrogen (secondary N) is 1. The zero-order chi connectivity index (χ0) is 12.5. The SMILES string of the molecule is CC1(C)CC(Nc2cncnc2)CC(C)(C)C1. The molecule has 1 aromatic heterocycles. The van der Waals surface area contributed by atoms with Crippen molar-refractivity contribution in [1.29, 1.82) is 0 Å². The highest BCUT2D eigenvalue weighted by Gasteiger charge is 2.38. The first-order chi connectivity index (χ1) is 7.86. The molecule has 1 N–H and O–H groups in total. The highest BCUT2D eigenvalue weighted by Crippen LogP contribution is 2.46. The zero-order valence-electron chi connectivity index (χ0n) is 11.3. The van der Waals surface area contributed by atoms with E-state index < -0.39 is 0 Å². The maximum Gasteiger partial charge on any atom is 0.115 e. The van der Waals surface area contributed by atoms with Gasteiger partial charge in [-0.1, -0.05) is 27.7 Å². The van der Waals surface area contributed by atoms with Crippen LogP contribution in [0.5, 0.6) is 0 Å². The summed E-state index contributed by atoms with van der Waals surface area (Å²) in [5, 5.41) is 3.57. The third-order valence-electron chi connectivity index (χ3n) is 3.49. The molecule has 0 amide bonds. The van der Waals surface area contributed by atoms with Crippen LogP contribution in [0.2, 0.25) is 0 Å². The van der Waals surface area contributed by atoms with Crippen molar-refractivity contribution in [1.82, 2.24) is 9.97 Å². The summed E-state index contributed by atoms with van der Waals surface area (Å²) < 4.78 is 0. The van der Waals surface area contributed by atoms with Gasteiger partial charge in [-0.05, 0) is 30.1 Å². The molecule has 0 bridgehead atoms. The first-order valence-electron chi connectivity index (χ1n) is 6.38. The summed E-state index contributed by atoms with van der Waals surface area (Å²) in [6, 6.07) is 0.528. The fourth-order valence-electron chi connectivity index (χ4n) is 3.56. The van der Waals surface area contributed by atoms with Crippen LogP contribution in [0.15, 0.2) is 18.7 Å². The number of anilines is 1. The molecule has 0 unspecified atom stereocenters. The Morgan fingerprint density at radius 2 is 1.59 bits per heavy atom. The van der Waals surface area contributed by atoms with Gasteiger partial charge in [-0.3, -0.25) is 0 Å². The molecule has 94 valence electrons. The summed E-state index contributed by atoms with van der Waals surface area (Å²) in [5.41, 5.74) is 1.86. The van der Waals surface area contributed by atoms with E-state index >= 15 is 0 Å². The van der Waals surface area contributed by atoms with E-state index in [-0.39, 0.29) is 0 Å². The highest BCUT2D eigenvalue weighted by molar-refractivity contribution is 5.38. The monoisotopic (exact) mass is 233 g/mol. The molecule has 1 aromatic rings. The number of hydrogen-bond donors (Lipinski definition) is 1. The molecule has 1 aliphatic carbocycles. The second-order valence-electron chi connectivity index (χ2n) is 6.88. The Bertz CT molecular complexity index is 354. The Balaban J connectivity index is 2.06. The van der Waals surface area contributed by atoms with Gasteiger partial charge in [0.1, 0.15) is 6.33 Å². The molecule has 0 atom stereocenters. The van der Waals surface area contributed by atoms with Crippen molar-refractivity contribution in [2.45, 2.75) is 53.0 Å². The van der Waals surface area contributed by atoms with E-state index in [2.05, 4.69) is 43.0 Å². The van der Waals surface area contributed by atoms with Gasteiger partial charge in [-0.25, -0.2) is 9.97 Å². The molecule has 1 saturated carbocycles. The van der Waals surface area contributed by atoms with E-state index in [1.54, 1.807) is 6.33 Å². The number of hydrogen-bond acceptors (Lipinski definition) is 3. The fraction of sp³-hybridized carbons (Fsp3) is 0.714. The standard InChI is InChI=1S/C14H23N3/c1-13(2)5-11(6-14(3,4)9-13)17-12-7-15-10-16-8-12/h7-8,10-11,17H,5-6,9H2,1-4H3. The van der Waals surface area contributed by atoms with Gasteiger partial charge in [0.05, 0.1) is 18.1 Å². The first kappa shape index (κ1) is 12.3. The molecule has 1 aliphatic rings. The average molecular weight is 233 g/mol. The minimum absolute atomic E-state index is 0.412. The minimum atomic E-state index is 0.412. The van der Waals surface area contributed by atoms with Crippen molar-refractivity contribution in [2.75, 3.05) is 5.32 Å². The third kappa shape index (κ3) is 3.42. The van der Waals surface area contributed by atoms with Crippen molar-refractivity contribution in [3.8, 4) is 0 Å². The molecule has 0 spiro atoms. The minimum Gasteiger partial charge on any atom is -0.380 e. The smallest absolute Gasteiger partial charge is 0.115 e. The Morgan fingerprint density at radius 3 is 2.12 bits per heavy atom. The van der Waals surface area contributed by atoms with Crippen LogP contribution in [0.1, 0.15) is 47.0 Å². The number of aromatic nitrogens is 2. The Hall–Kier alpha value is -1.12. The van der Waals surface area contributed by atoms with Gasteiger partial charge in [0.25, 0.3) is 0 Å². The Morgan fingerprint density at radius 1 is 1.06 bits per heavy atom. The maximum absolute atomic E-state index is 4.05. The molecule has 3 nitrogen and oxygen atoms in total. The molecule has 17 heavy (non-hydrogen) atoms. The Labute approximate surface area is 104 Å². The average Bonchev–Trinajstić information content (AvgIpc) is 2.13. The number of nitrogens with zero attached hydrogens (tertiary/aromatic N) is 2. The maximum atomic E-state index is 4.05. The normalized spacial score (nSPS) is 23.3. The van der Waals surface area contributed by atoms with Crippen molar-refractivity contribution < 1.29 is 0 Å². The lowest BCUT2D eigenvalue weighted by atomic mass is 9.63. The number of rotatable bonds is 2. The fourth-order valence-corrected chi connectivity index (χ4v) is 3.56. The summed E-state index contributed by atoms with van der Waals surface area (Å²) in [6.45, 7) is 9.46. The lowest BCUT2D eigenvalue weighted by Gasteiger charge is -2.45. The molecule has 0 saturated heterocycles. The van der Waals surface area contributed by atoms with Gasteiger partial charge >= 0.3 is 0 Å². The van der Waals surface area contributed by atoms with Gasteiger partial charge in [0.15, 0.2) is 0 Å². The molecule has 1 heterocycles. The van der Waals surface area contributed by atoms with Crippen LogP contribution in [-0.2, 0) is 0 Å². The van der Waals surface area contributed by atoms with E-state index in [1.807, 2.05) is 12.4 Å². The Kier molecular flexibility index (Phi) is 3.11. The molecule has 1 fully saturated rings. The van der Waals surface area contributed by atoms with Crippen LogP contribution in [0.3, 0.4) is 0 Å². The largest absolute Gasteiger partial charge is 0.380 e. The molecular formula is C14H23N3. The van der Waals surface area contributed by atoms with Gasteiger partial charge in [-0.15, -0.1) is 0 Å². The van der Waals surface area contributed by atoms with Crippen LogP contribution in [-0.4, -0.2) is 16.0 Å². The predicted octanol–water partition coefficient (Wildman–Crippen LogP) is 3.49. The molecule has 2 rings (SSSR count). The summed E-state index contributed by atoms with van der Waals surface area (Å²) in [6.07, 6.45) is 8.99. The van der Waals surface area contributed by atoms with E-state index in [9.17, 15) is 0 Å². The summed E-state index contributed by atoms with van der Waals surface area (Å²) in [5.74, 6) is 0. The first-order valence-corrected chi connectivity index (χ1v) is 6.38. The van der Waals surface area contributed by atoms with Crippen LogP contribution < -0.4 is 5.32 Å². The molecule has 0 radical (unpaired) electrons. The topological polar surface area (TPSA) is 37.8 Å². The van der Waals surface area contributed by atoms with Gasteiger partial charge in [-0.2, -0.15) is 0 Å². The van der Waals surface area contributed by atoms with Crippen LogP contribution in [0.4, 0.5) is 5.69 Å². The molecular weight excluding hydrogens is 210 g/mol. The lowest BCUT2D eigenvalue weighted by Crippen LogP contribution is -2.40. The van der Waals surface area contributed by atoms with Crippen LogP contribution in [0, 0.1) is 10.8 Å². The van der Waals surface area contributed by atoms with Crippen molar-refractivity contribution in [3.05, 3.63) is 18.7 Å². The van der Waals surface area contributed by atoms with E-state index in [0.717, 1.165) is 5.69 Å². The second kappa shape index (κ2) is 4.28. The summed E-state index contributed by atoms with van der Waals surface area (Å²) >= 11 is 0. The van der Waals surface area contributed by atoms with Crippen LogP contribution >= 0.6 is 0 Å². The van der Waals surface area contributed by atoms with Gasteiger partial charge < -0.3 is 5.32 Å². The molecule has 0 aliphatic heterocycles. The highest BCUT2D eigenvalue weighted by atomic mass is 15.0. The lowest BCUT2D eigenvalue weighted by molar-refractivity contribution is 0.105. The van der Waals surface area contributed by atoms with E-state index in [4.69, 9.17) is 0 Å². The predicted molar refractivity (Wildman–Crippen MR) is 70.9 cm³/mol. The van der Waals surface area contributed by atoms with Crippen LogP contribution in [0.25, 0.3) is 0 Å². The third-order valence-corrected chi connectivity index (χ3v) is 3.49. The second-order valence-corrected chi connectivity index (χ2v) is 6.88. The van der Waals surface area contributed by atoms with E-state index in [0.29, 0.717) is 16.9 Å². The van der Waals surface area contributed by atoms with Crippen molar-refractivity contribution >= 4 is 5.69 Å². The van der Waals surface area contributed by atoms with E-state index in [1.165, 1.54) is 19.3 Å². The quantitative estimate of drug-likeness (QED) is 0.849. The zero-order valence-corrected chi connectivity index (χ0v) is 11.3. The van der Waals surface area contributed by atoms with Crippen molar-refractivity contribution in [2.24, 2.45) is 10.8 Å². The summed E-state index contributed by atoms with van der Waals surface area (Å²) in [4.78, 5) is 8.10. The molecule has 3 heteroatoms. The van der Waals surface area contributed by atoms with Crippen molar-refractivity contribution in [3.63, 3.8) is 0 Å². The summed E-state index contributed by atoms with van der Waals surface area (Å²) in [7, 11) is 0. The van der Waals surface area contributed by atoms with Gasteiger partial charge in [0, 0.05) is 6.04 Å².